The molecule has 2 amide bonds. The third-order valence-corrected chi connectivity index (χ3v) is 5.54. The predicted octanol–water partition coefficient (Wildman–Crippen LogP) is 3.73. The quantitative estimate of drug-likeness (QED) is 0.809. The molecule has 2 unspecified atom stereocenters. The van der Waals surface area contributed by atoms with Crippen LogP contribution in [0.5, 0.6) is 11.5 Å². The van der Waals surface area contributed by atoms with Crippen LogP contribution in [0.2, 0.25) is 5.02 Å². The zero-order chi connectivity index (χ0) is 20.4. The first-order valence-corrected chi connectivity index (χ1v) is 10.2. The number of ether oxygens (including phenoxy) is 2. The fraction of sp³-hybridized carbons (Fsp3) is 0.364. The summed E-state index contributed by atoms with van der Waals surface area (Å²) in [5.74, 6) is 0.835. The molecule has 2 aliphatic rings. The molecule has 2 aliphatic heterocycles. The van der Waals surface area contributed by atoms with Crippen LogP contribution >= 0.6 is 11.6 Å². The number of fused-ring (bicyclic) bond motifs is 1. The number of hydrogen-bond donors (Lipinski definition) is 1. The summed E-state index contributed by atoms with van der Waals surface area (Å²) in [5.41, 5.74) is 1.68. The van der Waals surface area contributed by atoms with Gasteiger partial charge in [0.2, 0.25) is 11.8 Å². The van der Waals surface area contributed by atoms with Crippen molar-refractivity contribution in [1.82, 2.24) is 5.32 Å². The molecule has 6 nitrogen and oxygen atoms in total. The van der Waals surface area contributed by atoms with Gasteiger partial charge in [-0.1, -0.05) is 30.7 Å². The normalized spacial score (nSPS) is 19.2. The molecule has 4 rings (SSSR count). The minimum atomic E-state index is -0.396. The summed E-state index contributed by atoms with van der Waals surface area (Å²) in [7, 11) is 0. The zero-order valence-electron chi connectivity index (χ0n) is 16.2. The largest absolute Gasteiger partial charge is 0.486 e. The molecule has 2 aromatic rings. The molecular weight excluding hydrogens is 392 g/mol. The van der Waals surface area contributed by atoms with Crippen molar-refractivity contribution in [3.05, 3.63) is 53.1 Å². The highest BCUT2D eigenvalue weighted by Crippen LogP contribution is 2.34. The Balaban J connectivity index is 1.45. The Morgan fingerprint density at radius 2 is 2.00 bits per heavy atom. The average molecular weight is 415 g/mol. The molecule has 1 fully saturated rings. The van der Waals surface area contributed by atoms with E-state index >= 15 is 0 Å². The van der Waals surface area contributed by atoms with Crippen LogP contribution in [0.4, 0.5) is 5.69 Å². The number of hydrogen-bond acceptors (Lipinski definition) is 4. The Morgan fingerprint density at radius 1 is 1.21 bits per heavy atom. The van der Waals surface area contributed by atoms with E-state index < -0.39 is 5.92 Å². The molecule has 0 bridgehead atoms. The van der Waals surface area contributed by atoms with E-state index in [1.807, 2.05) is 31.2 Å². The van der Waals surface area contributed by atoms with Crippen LogP contribution in [0.25, 0.3) is 0 Å². The molecule has 2 heterocycles. The fourth-order valence-electron chi connectivity index (χ4n) is 3.76. The van der Waals surface area contributed by atoms with Gasteiger partial charge < -0.3 is 19.7 Å². The highest BCUT2D eigenvalue weighted by atomic mass is 35.5. The first kappa shape index (κ1) is 19.6. The number of rotatable bonds is 5. The number of carbonyl (C=O) groups is 2. The van der Waals surface area contributed by atoms with E-state index in [2.05, 4.69) is 5.32 Å². The summed E-state index contributed by atoms with van der Waals surface area (Å²) in [6, 6.07) is 12.7. The molecule has 1 N–H and O–H groups in total. The molecule has 2 aromatic carbocycles. The van der Waals surface area contributed by atoms with Crippen molar-refractivity contribution in [3.8, 4) is 11.5 Å². The van der Waals surface area contributed by atoms with Gasteiger partial charge in [-0.3, -0.25) is 9.59 Å². The zero-order valence-corrected chi connectivity index (χ0v) is 16.9. The third kappa shape index (κ3) is 4.17. The second-order valence-corrected chi connectivity index (χ2v) is 7.69. The Labute approximate surface area is 174 Å². The summed E-state index contributed by atoms with van der Waals surface area (Å²) in [5, 5.41) is 3.66. The second-order valence-electron chi connectivity index (χ2n) is 7.26. The van der Waals surface area contributed by atoms with Crippen molar-refractivity contribution in [3.63, 3.8) is 0 Å². The second kappa shape index (κ2) is 8.33. The van der Waals surface area contributed by atoms with Crippen molar-refractivity contribution in [2.24, 2.45) is 5.92 Å². The van der Waals surface area contributed by atoms with E-state index in [4.69, 9.17) is 21.1 Å². The lowest BCUT2D eigenvalue weighted by molar-refractivity contribution is -0.127. The van der Waals surface area contributed by atoms with Gasteiger partial charge in [0.25, 0.3) is 0 Å². The maximum atomic E-state index is 12.9. The number of nitrogens with zero attached hydrogens (tertiary/aromatic N) is 1. The number of benzene rings is 2. The van der Waals surface area contributed by atoms with Crippen molar-refractivity contribution in [2.45, 2.75) is 25.8 Å². The molecule has 0 radical (unpaired) electrons. The Bertz CT molecular complexity index is 933. The van der Waals surface area contributed by atoms with Crippen molar-refractivity contribution in [1.29, 1.82) is 0 Å². The summed E-state index contributed by atoms with van der Waals surface area (Å²) < 4.78 is 11.2. The lowest BCUT2D eigenvalue weighted by atomic mass is 10.0. The van der Waals surface area contributed by atoms with E-state index in [0.717, 1.165) is 23.4 Å². The van der Waals surface area contributed by atoms with E-state index in [-0.39, 0.29) is 24.3 Å². The van der Waals surface area contributed by atoms with E-state index in [1.165, 1.54) is 0 Å². The number of halogens is 1. The first-order valence-electron chi connectivity index (χ1n) is 9.81. The first-order chi connectivity index (χ1) is 14.0. The van der Waals surface area contributed by atoms with Gasteiger partial charge in [0.15, 0.2) is 11.5 Å². The van der Waals surface area contributed by atoms with Gasteiger partial charge in [-0.25, -0.2) is 0 Å². The number of anilines is 1. The van der Waals surface area contributed by atoms with Crippen LogP contribution in [0.15, 0.2) is 42.5 Å². The van der Waals surface area contributed by atoms with Crippen molar-refractivity contribution >= 4 is 29.1 Å². The van der Waals surface area contributed by atoms with E-state index in [0.29, 0.717) is 30.5 Å². The minimum absolute atomic E-state index is 0.0696. The Morgan fingerprint density at radius 3 is 2.76 bits per heavy atom. The smallest absolute Gasteiger partial charge is 0.227 e. The fourth-order valence-corrected chi connectivity index (χ4v) is 3.95. The summed E-state index contributed by atoms with van der Waals surface area (Å²) in [4.78, 5) is 27.0. The molecule has 0 aromatic heterocycles. The molecule has 0 saturated carbocycles. The molecule has 1 saturated heterocycles. The highest BCUT2D eigenvalue weighted by Gasteiger charge is 2.36. The summed E-state index contributed by atoms with van der Waals surface area (Å²) in [6.07, 6.45) is 0.917. The topological polar surface area (TPSA) is 67.9 Å². The minimum Gasteiger partial charge on any atom is -0.486 e. The number of nitrogens with one attached hydrogen (secondary N) is 1. The number of carbonyl (C=O) groups excluding carboxylic acids is 2. The molecule has 0 spiro atoms. The van der Waals surface area contributed by atoms with Crippen LogP contribution in [-0.2, 0) is 9.59 Å². The van der Waals surface area contributed by atoms with Crippen LogP contribution in [0.1, 0.15) is 31.4 Å². The van der Waals surface area contributed by atoms with Crippen molar-refractivity contribution in [2.75, 3.05) is 24.7 Å². The Hall–Kier alpha value is -2.73. The van der Waals surface area contributed by atoms with Gasteiger partial charge in [-0.05, 0) is 42.3 Å². The van der Waals surface area contributed by atoms with E-state index in [9.17, 15) is 9.59 Å². The molecule has 7 heteroatoms. The van der Waals surface area contributed by atoms with Crippen LogP contribution in [-0.4, -0.2) is 31.6 Å². The summed E-state index contributed by atoms with van der Waals surface area (Å²) in [6.45, 7) is 3.42. The highest BCUT2D eigenvalue weighted by molar-refractivity contribution is 6.31. The maximum absolute atomic E-state index is 12.9. The van der Waals surface area contributed by atoms with Crippen LogP contribution < -0.4 is 19.7 Å². The average Bonchev–Trinajstić information content (AvgIpc) is 3.13. The van der Waals surface area contributed by atoms with Crippen molar-refractivity contribution < 1.29 is 19.1 Å². The summed E-state index contributed by atoms with van der Waals surface area (Å²) >= 11 is 6.04. The van der Waals surface area contributed by atoms with Crippen LogP contribution in [0, 0.1) is 5.92 Å². The Kier molecular flexibility index (Phi) is 5.62. The lowest BCUT2D eigenvalue weighted by Gasteiger charge is -2.23. The standard InChI is InChI=1S/C22H23ClN2O4/c1-2-18(14-6-7-19-20(10-14)29-9-8-28-19)24-22(27)15-11-21(26)25(13-15)17-5-3-4-16(23)12-17/h3-7,10,12,15,18H,2,8-9,11,13H2,1H3,(H,24,27). The molecule has 152 valence electrons. The molecule has 2 atom stereocenters. The van der Waals surface area contributed by atoms with Crippen LogP contribution in [0.3, 0.4) is 0 Å². The maximum Gasteiger partial charge on any atom is 0.227 e. The monoisotopic (exact) mass is 414 g/mol. The van der Waals surface area contributed by atoms with Gasteiger partial charge in [0.1, 0.15) is 13.2 Å². The third-order valence-electron chi connectivity index (χ3n) is 5.31. The van der Waals surface area contributed by atoms with Gasteiger partial charge in [-0.2, -0.15) is 0 Å². The molecule has 29 heavy (non-hydrogen) atoms. The lowest BCUT2D eigenvalue weighted by Crippen LogP contribution is -2.35. The van der Waals surface area contributed by atoms with Gasteiger partial charge in [0.05, 0.1) is 12.0 Å². The SMILES string of the molecule is CCC(NC(=O)C1CC(=O)N(c2cccc(Cl)c2)C1)c1ccc2c(c1)OCCO2. The predicted molar refractivity (Wildman–Crippen MR) is 111 cm³/mol. The molecular formula is C22H23ClN2O4. The van der Waals surface area contributed by atoms with Gasteiger partial charge in [0, 0.05) is 23.7 Å². The van der Waals surface area contributed by atoms with E-state index in [1.54, 1.807) is 23.1 Å². The van der Waals surface area contributed by atoms with Gasteiger partial charge >= 0.3 is 0 Å². The number of amides is 2. The van der Waals surface area contributed by atoms with Gasteiger partial charge in [-0.15, -0.1) is 0 Å². The molecule has 0 aliphatic carbocycles.